The van der Waals surface area contributed by atoms with Gasteiger partial charge in [-0.05, 0) is 29.8 Å². The van der Waals surface area contributed by atoms with Crippen molar-refractivity contribution in [3.63, 3.8) is 0 Å². The first kappa shape index (κ1) is 16.4. The van der Waals surface area contributed by atoms with Crippen LogP contribution < -0.4 is 10.7 Å². The molecule has 2 aromatic carbocycles. The summed E-state index contributed by atoms with van der Waals surface area (Å²) in [4.78, 5) is 12.3. The zero-order chi connectivity index (χ0) is 17.1. The number of hydrogen-bond acceptors (Lipinski definition) is 4. The largest absolute Gasteiger partial charge is 0.321 e. The average molecular weight is 440 g/mol. The summed E-state index contributed by atoms with van der Waals surface area (Å²) < 4.78 is 31.5. The van der Waals surface area contributed by atoms with Gasteiger partial charge in [-0.3, -0.25) is 10.2 Å². The van der Waals surface area contributed by atoms with Crippen LogP contribution in [0.1, 0.15) is 21.5 Å². The maximum Gasteiger partial charge on any atom is 0.258 e. The standard InChI is InChI=1S/C16H11F2IN4O/c1-2-9-3-5-12(15-19-22-23-21-15)14(7-9)20-16(24)11-6-4-10(17)8-13(11)18/h2-8H,1H2,(H,20,24)(H,21,22). The van der Waals surface area contributed by atoms with Crippen LogP contribution in [0.5, 0.6) is 0 Å². The third kappa shape index (κ3) is 3.37. The molecule has 0 saturated carbocycles. The molecule has 1 aliphatic rings. The molecule has 1 amide bonds. The Hall–Kier alpha value is -2.49. The fraction of sp³-hybridized carbons (Fsp3) is 0. The topological polar surface area (TPSA) is 65.8 Å². The SMILES string of the molecule is C=Cc1ccc(C2=IN=NN2)c(NC(=O)c2ccc(F)cc2F)c1. The van der Waals surface area contributed by atoms with Crippen molar-refractivity contribution < 1.29 is 13.6 Å². The second kappa shape index (κ2) is 6.95. The van der Waals surface area contributed by atoms with Crippen molar-refractivity contribution in [3.8, 4) is 0 Å². The Kier molecular flexibility index (Phi) is 4.74. The van der Waals surface area contributed by atoms with Crippen LogP contribution in [0.2, 0.25) is 0 Å². The Bertz CT molecular complexity index is 896. The number of halogens is 3. The first-order chi connectivity index (χ1) is 11.6. The maximum atomic E-state index is 13.8. The summed E-state index contributed by atoms with van der Waals surface area (Å²) in [6, 6.07) is 8.19. The summed E-state index contributed by atoms with van der Waals surface area (Å²) in [6.45, 7) is 3.69. The molecule has 0 atom stereocenters. The number of anilines is 1. The molecule has 8 heteroatoms. The van der Waals surface area contributed by atoms with E-state index >= 15 is 0 Å². The van der Waals surface area contributed by atoms with Crippen molar-refractivity contribution in [2.45, 2.75) is 0 Å². The van der Waals surface area contributed by atoms with Crippen LogP contribution in [-0.4, -0.2) is 9.54 Å². The fourth-order valence-electron chi connectivity index (χ4n) is 2.09. The molecule has 0 radical (unpaired) electrons. The van der Waals surface area contributed by atoms with E-state index in [9.17, 15) is 13.6 Å². The third-order valence-corrected chi connectivity index (χ3v) is 4.98. The summed E-state index contributed by atoms with van der Waals surface area (Å²) in [7, 11) is 0. The van der Waals surface area contributed by atoms with Crippen molar-refractivity contribution in [3.05, 3.63) is 71.3 Å². The Labute approximate surface area is 146 Å². The van der Waals surface area contributed by atoms with Gasteiger partial charge in [0.05, 0.1) is 32.3 Å². The molecule has 1 heterocycles. The molecule has 24 heavy (non-hydrogen) atoms. The summed E-state index contributed by atoms with van der Waals surface area (Å²) in [5, 5.41) is 6.40. The number of nitrogens with zero attached hydrogens (tertiary/aromatic N) is 2. The molecular formula is C16H11F2IN4O. The zero-order valence-electron chi connectivity index (χ0n) is 12.2. The van der Waals surface area contributed by atoms with Crippen LogP contribution in [-0.2, 0) is 0 Å². The molecule has 0 spiro atoms. The number of rotatable bonds is 4. The first-order valence-corrected chi connectivity index (χ1v) is 8.83. The van der Waals surface area contributed by atoms with E-state index in [0.717, 1.165) is 26.9 Å². The molecule has 1 aliphatic heterocycles. The van der Waals surface area contributed by atoms with Gasteiger partial charge in [-0.1, -0.05) is 23.9 Å². The lowest BCUT2D eigenvalue weighted by molar-refractivity contribution is 0.102. The summed E-state index contributed by atoms with van der Waals surface area (Å²) in [5.41, 5.74) is 4.57. The molecule has 3 rings (SSSR count). The van der Waals surface area contributed by atoms with E-state index < -0.39 is 38.5 Å². The van der Waals surface area contributed by atoms with E-state index in [0.29, 0.717) is 11.8 Å². The van der Waals surface area contributed by atoms with Crippen molar-refractivity contribution in [2.75, 3.05) is 5.32 Å². The number of nitrogens with one attached hydrogen (secondary N) is 2. The fourth-order valence-corrected chi connectivity index (χ4v) is 3.47. The highest BCUT2D eigenvalue weighted by atomic mass is 127. The van der Waals surface area contributed by atoms with E-state index in [1.165, 1.54) is 0 Å². The monoisotopic (exact) mass is 440 g/mol. The van der Waals surface area contributed by atoms with Crippen LogP contribution in [0.15, 0.2) is 51.5 Å². The minimum Gasteiger partial charge on any atom is -0.321 e. The van der Waals surface area contributed by atoms with E-state index in [4.69, 9.17) is 0 Å². The second-order valence-electron chi connectivity index (χ2n) is 4.77. The lowest BCUT2D eigenvalue weighted by Gasteiger charge is -2.12. The van der Waals surface area contributed by atoms with Gasteiger partial charge < -0.3 is 5.32 Å². The van der Waals surface area contributed by atoms with Crippen molar-refractivity contribution in [1.29, 1.82) is 0 Å². The van der Waals surface area contributed by atoms with E-state index in [1.807, 2.05) is 12.1 Å². The normalized spacial score (nSPS) is 12.8. The number of benzene rings is 2. The van der Waals surface area contributed by atoms with Crippen LogP contribution >= 0.6 is 21.0 Å². The van der Waals surface area contributed by atoms with Gasteiger partial charge in [-0.25, -0.2) is 8.78 Å². The van der Waals surface area contributed by atoms with E-state index in [2.05, 4.69) is 25.9 Å². The average Bonchev–Trinajstić information content (AvgIpc) is 3.08. The van der Waals surface area contributed by atoms with Crippen molar-refractivity contribution >= 4 is 42.3 Å². The highest BCUT2D eigenvalue weighted by molar-refractivity contribution is 14.2. The predicted molar refractivity (Wildman–Crippen MR) is 97.0 cm³/mol. The van der Waals surface area contributed by atoms with Gasteiger partial charge in [-0.2, -0.15) is 0 Å². The predicted octanol–water partition coefficient (Wildman–Crippen LogP) is 4.19. The van der Waals surface area contributed by atoms with E-state index in [-0.39, 0.29) is 5.56 Å². The van der Waals surface area contributed by atoms with Gasteiger partial charge in [0, 0.05) is 11.6 Å². The number of carbonyl (C=O) groups is 1. The number of carbonyl (C=O) groups excluding carboxylic acids is 1. The second-order valence-corrected chi connectivity index (χ2v) is 6.77. The summed E-state index contributed by atoms with van der Waals surface area (Å²) >= 11 is -0.662. The smallest absolute Gasteiger partial charge is 0.258 e. The molecule has 0 bridgehead atoms. The number of hydrogen-bond donors (Lipinski definition) is 2. The van der Waals surface area contributed by atoms with E-state index in [1.54, 1.807) is 12.1 Å². The van der Waals surface area contributed by atoms with Gasteiger partial charge in [0.1, 0.15) is 15.3 Å². The van der Waals surface area contributed by atoms with Crippen LogP contribution in [0.25, 0.3) is 6.08 Å². The maximum absolute atomic E-state index is 13.8. The van der Waals surface area contributed by atoms with Gasteiger partial charge in [0.2, 0.25) is 0 Å². The molecule has 0 fully saturated rings. The minimum atomic E-state index is -0.919. The van der Waals surface area contributed by atoms with Gasteiger partial charge in [0.25, 0.3) is 5.91 Å². The zero-order valence-corrected chi connectivity index (χ0v) is 14.3. The van der Waals surface area contributed by atoms with Gasteiger partial charge in [0.15, 0.2) is 0 Å². The molecule has 122 valence electrons. The Morgan fingerprint density at radius 3 is 2.75 bits per heavy atom. The molecule has 0 aliphatic carbocycles. The lowest BCUT2D eigenvalue weighted by atomic mass is 10.1. The van der Waals surface area contributed by atoms with Gasteiger partial charge >= 0.3 is 0 Å². The van der Waals surface area contributed by atoms with Crippen LogP contribution in [0, 0.1) is 11.6 Å². The first-order valence-electron chi connectivity index (χ1n) is 6.79. The molecule has 0 unspecified atom stereocenters. The Balaban J connectivity index is 1.95. The Morgan fingerprint density at radius 2 is 2.08 bits per heavy atom. The molecule has 2 N–H and O–H groups in total. The van der Waals surface area contributed by atoms with Crippen LogP contribution in [0.4, 0.5) is 14.5 Å². The van der Waals surface area contributed by atoms with Gasteiger partial charge in [-0.15, -0.1) is 3.33 Å². The quantitative estimate of drug-likeness (QED) is 0.701. The molecule has 2 aromatic rings. The number of amides is 1. The highest BCUT2D eigenvalue weighted by Gasteiger charge is 2.17. The summed E-state index contributed by atoms with van der Waals surface area (Å²) in [5.74, 6) is -2.32. The molecule has 5 nitrogen and oxygen atoms in total. The molecular weight excluding hydrogens is 429 g/mol. The minimum absolute atomic E-state index is 0.236. The molecule has 0 aromatic heterocycles. The highest BCUT2D eigenvalue weighted by Crippen LogP contribution is 2.25. The third-order valence-electron chi connectivity index (χ3n) is 3.25. The Morgan fingerprint density at radius 1 is 1.25 bits per heavy atom. The lowest BCUT2D eigenvalue weighted by Crippen LogP contribution is -2.19. The summed E-state index contributed by atoms with van der Waals surface area (Å²) in [6.07, 6.45) is 1.63. The van der Waals surface area contributed by atoms with Crippen molar-refractivity contribution in [1.82, 2.24) is 5.43 Å². The molecule has 0 saturated heterocycles. The van der Waals surface area contributed by atoms with Crippen LogP contribution in [0.3, 0.4) is 0 Å². The van der Waals surface area contributed by atoms with Crippen molar-refractivity contribution in [2.24, 2.45) is 8.55 Å².